The Labute approximate surface area is 108 Å². The Morgan fingerprint density at radius 3 is 3.00 bits per heavy atom. The number of hydrogen-bond donors (Lipinski definition) is 0. The fraction of sp³-hybridized carbons (Fsp3) is 0.273. The molecule has 0 spiro atoms. The van der Waals surface area contributed by atoms with Crippen LogP contribution in [0, 0.1) is 5.82 Å². The van der Waals surface area contributed by atoms with E-state index in [1.807, 2.05) is 0 Å². The van der Waals surface area contributed by atoms with Crippen molar-refractivity contribution in [3.63, 3.8) is 0 Å². The molecule has 0 bridgehead atoms. The number of hydrogen-bond acceptors (Lipinski definition) is 6. The molecule has 100 valence electrons. The second kappa shape index (κ2) is 5.42. The van der Waals surface area contributed by atoms with Crippen LogP contribution < -0.4 is 4.74 Å². The number of aryl methyl sites for hydroxylation is 1. The van der Waals surface area contributed by atoms with Gasteiger partial charge in [-0.1, -0.05) is 0 Å². The van der Waals surface area contributed by atoms with Crippen molar-refractivity contribution < 1.29 is 18.7 Å². The summed E-state index contributed by atoms with van der Waals surface area (Å²) in [7, 11) is 2.86. The molecule has 0 saturated carbocycles. The van der Waals surface area contributed by atoms with Gasteiger partial charge in [0, 0.05) is 19.3 Å². The molecule has 0 aliphatic rings. The lowest BCUT2D eigenvalue weighted by Gasteiger charge is -1.98. The van der Waals surface area contributed by atoms with E-state index in [0.717, 1.165) is 0 Å². The van der Waals surface area contributed by atoms with E-state index in [0.29, 0.717) is 11.5 Å². The fourth-order valence-corrected chi connectivity index (χ4v) is 1.35. The Bertz CT molecular complexity index is 599. The van der Waals surface area contributed by atoms with Crippen LogP contribution in [0.2, 0.25) is 0 Å². The number of methoxy groups -OCH3 is 1. The SMILES string of the molecule is COC(=O)COc1nc(-c2cc(F)ccn2)n(C)n1. The number of carbonyl (C=O) groups excluding carboxylic acids is 1. The Morgan fingerprint density at radius 2 is 2.32 bits per heavy atom. The van der Waals surface area contributed by atoms with Crippen molar-refractivity contribution >= 4 is 5.97 Å². The molecular weight excluding hydrogens is 255 g/mol. The van der Waals surface area contributed by atoms with Crippen molar-refractivity contribution in [1.82, 2.24) is 19.7 Å². The molecule has 0 unspecified atom stereocenters. The monoisotopic (exact) mass is 266 g/mol. The van der Waals surface area contributed by atoms with Crippen molar-refractivity contribution in [3.8, 4) is 17.5 Å². The van der Waals surface area contributed by atoms with E-state index in [1.54, 1.807) is 7.05 Å². The quantitative estimate of drug-likeness (QED) is 0.753. The molecule has 2 aromatic rings. The van der Waals surface area contributed by atoms with E-state index in [1.165, 1.54) is 30.1 Å². The highest BCUT2D eigenvalue weighted by molar-refractivity contribution is 5.70. The first kappa shape index (κ1) is 12.9. The smallest absolute Gasteiger partial charge is 0.344 e. The highest BCUT2D eigenvalue weighted by atomic mass is 19.1. The minimum absolute atomic E-state index is 0.00559. The molecule has 0 aliphatic heterocycles. The van der Waals surface area contributed by atoms with E-state index in [-0.39, 0.29) is 12.6 Å². The molecule has 8 heteroatoms. The normalized spacial score (nSPS) is 10.3. The van der Waals surface area contributed by atoms with Gasteiger partial charge >= 0.3 is 12.0 Å². The zero-order valence-corrected chi connectivity index (χ0v) is 10.3. The van der Waals surface area contributed by atoms with Crippen LogP contribution in [0.4, 0.5) is 4.39 Å². The maximum atomic E-state index is 13.1. The van der Waals surface area contributed by atoms with Crippen LogP contribution in [0.15, 0.2) is 18.3 Å². The number of ether oxygens (including phenoxy) is 2. The highest BCUT2D eigenvalue weighted by Crippen LogP contribution is 2.17. The summed E-state index contributed by atoms with van der Waals surface area (Å²) in [5.74, 6) is -0.637. The first-order valence-electron chi connectivity index (χ1n) is 5.32. The summed E-state index contributed by atoms with van der Waals surface area (Å²) in [6, 6.07) is 2.46. The molecule has 0 N–H and O–H groups in total. The molecule has 0 fully saturated rings. The molecule has 7 nitrogen and oxygen atoms in total. The molecule has 0 aromatic carbocycles. The van der Waals surface area contributed by atoms with Crippen molar-refractivity contribution in [1.29, 1.82) is 0 Å². The fourth-order valence-electron chi connectivity index (χ4n) is 1.35. The lowest BCUT2D eigenvalue weighted by atomic mass is 10.3. The van der Waals surface area contributed by atoms with Gasteiger partial charge in [0.15, 0.2) is 12.4 Å². The molecular formula is C11H11FN4O3. The lowest BCUT2D eigenvalue weighted by molar-refractivity contribution is -0.143. The number of aromatic nitrogens is 4. The van der Waals surface area contributed by atoms with Gasteiger partial charge in [0.05, 0.1) is 7.11 Å². The third-order valence-electron chi connectivity index (χ3n) is 2.24. The molecule has 2 rings (SSSR count). The van der Waals surface area contributed by atoms with Crippen LogP contribution in [0.25, 0.3) is 11.5 Å². The molecule has 2 heterocycles. The molecule has 0 atom stereocenters. The summed E-state index contributed by atoms with van der Waals surface area (Å²) in [6.07, 6.45) is 1.33. The first-order valence-corrected chi connectivity index (χ1v) is 5.32. The van der Waals surface area contributed by atoms with Crippen LogP contribution in [0.1, 0.15) is 0 Å². The van der Waals surface area contributed by atoms with E-state index >= 15 is 0 Å². The highest BCUT2D eigenvalue weighted by Gasteiger charge is 2.13. The van der Waals surface area contributed by atoms with Gasteiger partial charge in [-0.05, 0) is 6.07 Å². The third-order valence-corrected chi connectivity index (χ3v) is 2.24. The topological polar surface area (TPSA) is 79.1 Å². The Morgan fingerprint density at radius 1 is 1.53 bits per heavy atom. The van der Waals surface area contributed by atoms with Crippen LogP contribution in [0.5, 0.6) is 6.01 Å². The predicted molar refractivity (Wildman–Crippen MR) is 61.7 cm³/mol. The molecule has 0 amide bonds. The molecule has 0 radical (unpaired) electrons. The van der Waals surface area contributed by atoms with Crippen molar-refractivity contribution in [3.05, 3.63) is 24.1 Å². The van der Waals surface area contributed by atoms with Crippen LogP contribution in [0.3, 0.4) is 0 Å². The average molecular weight is 266 g/mol. The predicted octanol–water partition coefficient (Wildman–Crippen LogP) is 0.568. The second-order valence-electron chi connectivity index (χ2n) is 3.57. The van der Waals surface area contributed by atoms with Gasteiger partial charge in [-0.15, -0.1) is 5.10 Å². The maximum Gasteiger partial charge on any atom is 0.344 e. The van der Waals surface area contributed by atoms with E-state index in [2.05, 4.69) is 19.8 Å². The van der Waals surface area contributed by atoms with Gasteiger partial charge in [0.1, 0.15) is 11.5 Å². The number of halogens is 1. The van der Waals surface area contributed by atoms with Gasteiger partial charge in [-0.25, -0.2) is 13.9 Å². The van der Waals surface area contributed by atoms with Gasteiger partial charge in [0.2, 0.25) is 0 Å². The Hall–Kier alpha value is -2.51. The minimum Gasteiger partial charge on any atom is -0.466 e. The molecule has 19 heavy (non-hydrogen) atoms. The van der Waals surface area contributed by atoms with Gasteiger partial charge < -0.3 is 9.47 Å². The number of rotatable bonds is 4. The largest absolute Gasteiger partial charge is 0.466 e. The van der Waals surface area contributed by atoms with Crippen molar-refractivity contribution in [2.45, 2.75) is 0 Å². The van der Waals surface area contributed by atoms with Crippen LogP contribution in [-0.4, -0.2) is 39.4 Å². The number of pyridine rings is 1. The summed E-state index contributed by atoms with van der Waals surface area (Å²) in [6.45, 7) is -0.295. The summed E-state index contributed by atoms with van der Waals surface area (Å²) in [5.41, 5.74) is 0.322. The molecule has 0 saturated heterocycles. The zero-order valence-electron chi connectivity index (χ0n) is 10.3. The standard InChI is InChI=1S/C11H11FN4O3/c1-16-10(8-5-7(12)3-4-13-8)14-11(15-16)19-6-9(17)18-2/h3-5H,6H2,1-2H3. The summed E-state index contributed by atoms with van der Waals surface area (Å²) in [5, 5.41) is 3.94. The third kappa shape index (κ3) is 3.03. The van der Waals surface area contributed by atoms with E-state index in [9.17, 15) is 9.18 Å². The molecule has 0 aliphatic carbocycles. The number of carbonyl (C=O) groups is 1. The summed E-state index contributed by atoms with van der Waals surface area (Å²) in [4.78, 5) is 18.9. The van der Waals surface area contributed by atoms with Gasteiger partial charge in [-0.3, -0.25) is 4.98 Å². The van der Waals surface area contributed by atoms with Crippen LogP contribution in [-0.2, 0) is 16.6 Å². The van der Waals surface area contributed by atoms with Gasteiger partial charge in [-0.2, -0.15) is 4.98 Å². The Balaban J connectivity index is 2.19. The van der Waals surface area contributed by atoms with Gasteiger partial charge in [0.25, 0.3) is 0 Å². The average Bonchev–Trinajstić information content (AvgIpc) is 2.77. The van der Waals surface area contributed by atoms with Crippen molar-refractivity contribution in [2.24, 2.45) is 7.05 Å². The minimum atomic E-state index is -0.544. The number of esters is 1. The lowest BCUT2D eigenvalue weighted by Crippen LogP contribution is -2.13. The first-order chi connectivity index (χ1) is 9.10. The summed E-state index contributed by atoms with van der Waals surface area (Å²) >= 11 is 0. The summed E-state index contributed by atoms with van der Waals surface area (Å²) < 4.78 is 23.9. The maximum absolute atomic E-state index is 13.1. The van der Waals surface area contributed by atoms with E-state index < -0.39 is 11.8 Å². The Kier molecular flexibility index (Phi) is 3.69. The van der Waals surface area contributed by atoms with E-state index in [4.69, 9.17) is 4.74 Å². The van der Waals surface area contributed by atoms with Crippen LogP contribution >= 0.6 is 0 Å². The number of nitrogens with zero attached hydrogens (tertiary/aromatic N) is 4. The molecule has 2 aromatic heterocycles. The van der Waals surface area contributed by atoms with Crippen molar-refractivity contribution in [2.75, 3.05) is 13.7 Å². The second-order valence-corrected chi connectivity index (χ2v) is 3.57. The zero-order chi connectivity index (χ0) is 13.8.